The third-order valence-electron chi connectivity index (χ3n) is 3.84. The zero-order valence-electron chi connectivity index (χ0n) is 13.3. The third kappa shape index (κ3) is 3.48. The predicted octanol–water partition coefficient (Wildman–Crippen LogP) is 0.467. The van der Waals surface area contributed by atoms with E-state index in [-0.39, 0.29) is 0 Å². The van der Waals surface area contributed by atoms with Crippen molar-refractivity contribution in [2.75, 3.05) is 36.4 Å². The van der Waals surface area contributed by atoms with Crippen molar-refractivity contribution >= 4 is 23.6 Å². The average molecular weight is 326 g/mol. The topological polar surface area (TPSA) is 91.3 Å². The summed E-state index contributed by atoms with van der Waals surface area (Å²) in [5.74, 6) is -0.166. The molecule has 0 aliphatic carbocycles. The molecule has 0 radical (unpaired) electrons. The molecule has 1 fully saturated rings. The molecule has 8 heteroatoms. The van der Waals surface area contributed by atoms with Crippen LogP contribution in [0.5, 0.6) is 0 Å². The summed E-state index contributed by atoms with van der Waals surface area (Å²) in [6.45, 7) is 3.90. The lowest BCUT2D eigenvalue weighted by molar-refractivity contribution is -0.143. The van der Waals surface area contributed by atoms with Crippen molar-refractivity contribution in [1.29, 1.82) is 0 Å². The van der Waals surface area contributed by atoms with E-state index < -0.39 is 11.8 Å². The molecule has 0 spiro atoms. The Morgan fingerprint density at radius 3 is 2.33 bits per heavy atom. The Morgan fingerprint density at radius 1 is 1.00 bits per heavy atom. The van der Waals surface area contributed by atoms with Gasteiger partial charge in [0.1, 0.15) is 5.82 Å². The zero-order chi connectivity index (χ0) is 16.9. The highest BCUT2D eigenvalue weighted by atomic mass is 16.2. The van der Waals surface area contributed by atoms with Crippen LogP contribution in [0, 0.1) is 6.92 Å². The molecule has 1 saturated heterocycles. The summed E-state index contributed by atoms with van der Waals surface area (Å²) in [5, 5.41) is 2.57. The molecule has 0 unspecified atom stereocenters. The number of pyridine rings is 1. The fourth-order valence-corrected chi connectivity index (χ4v) is 2.49. The standard InChI is InChI=1S/C16H18N6O2/c1-12-4-2-5-17-13(12)20-14(23)15(24)21-8-10-22(11-9-21)16-18-6-3-7-19-16/h2-7H,8-11H2,1H3,(H,17,20,23). The Bertz CT molecular complexity index is 728. The number of rotatable bonds is 2. The van der Waals surface area contributed by atoms with Crippen LogP contribution in [-0.2, 0) is 9.59 Å². The smallest absolute Gasteiger partial charge is 0.315 e. The van der Waals surface area contributed by atoms with Crippen LogP contribution in [0.2, 0.25) is 0 Å². The summed E-state index contributed by atoms with van der Waals surface area (Å²) in [6, 6.07) is 5.36. The Morgan fingerprint density at radius 2 is 1.67 bits per heavy atom. The summed E-state index contributed by atoms with van der Waals surface area (Å²) in [5.41, 5.74) is 0.810. The van der Waals surface area contributed by atoms with Crippen molar-refractivity contribution < 1.29 is 9.59 Å². The van der Waals surface area contributed by atoms with Crippen LogP contribution in [-0.4, -0.2) is 57.8 Å². The van der Waals surface area contributed by atoms with E-state index in [1.54, 1.807) is 30.7 Å². The van der Waals surface area contributed by atoms with E-state index in [0.29, 0.717) is 37.9 Å². The maximum Gasteiger partial charge on any atom is 0.315 e. The molecule has 3 rings (SSSR count). The highest BCUT2D eigenvalue weighted by molar-refractivity contribution is 6.39. The molecule has 0 bridgehead atoms. The Hall–Kier alpha value is -3.03. The van der Waals surface area contributed by atoms with E-state index >= 15 is 0 Å². The quantitative estimate of drug-likeness (QED) is 0.807. The van der Waals surface area contributed by atoms with Crippen molar-refractivity contribution in [3.63, 3.8) is 0 Å². The van der Waals surface area contributed by atoms with E-state index in [2.05, 4.69) is 20.3 Å². The van der Waals surface area contributed by atoms with Gasteiger partial charge in [-0.25, -0.2) is 15.0 Å². The van der Waals surface area contributed by atoms with Crippen LogP contribution < -0.4 is 10.2 Å². The van der Waals surface area contributed by atoms with Crippen molar-refractivity contribution in [3.05, 3.63) is 42.4 Å². The molecule has 0 aromatic carbocycles. The van der Waals surface area contributed by atoms with Gasteiger partial charge in [0.25, 0.3) is 0 Å². The summed E-state index contributed by atoms with van der Waals surface area (Å²) < 4.78 is 0. The number of aryl methyl sites for hydroxylation is 1. The van der Waals surface area contributed by atoms with Crippen LogP contribution in [0.25, 0.3) is 0 Å². The first-order chi connectivity index (χ1) is 11.6. The summed E-state index contributed by atoms with van der Waals surface area (Å²) >= 11 is 0. The highest BCUT2D eigenvalue weighted by Gasteiger charge is 2.27. The minimum Gasteiger partial charge on any atom is -0.337 e. The second-order valence-electron chi connectivity index (χ2n) is 5.45. The molecule has 2 aromatic heterocycles. The van der Waals surface area contributed by atoms with Crippen molar-refractivity contribution in [2.45, 2.75) is 6.92 Å². The largest absolute Gasteiger partial charge is 0.337 e. The van der Waals surface area contributed by atoms with E-state index in [4.69, 9.17) is 0 Å². The van der Waals surface area contributed by atoms with Gasteiger partial charge in [-0.2, -0.15) is 0 Å². The van der Waals surface area contributed by atoms with Gasteiger partial charge in [0, 0.05) is 44.8 Å². The Balaban J connectivity index is 1.57. The number of aromatic nitrogens is 3. The van der Waals surface area contributed by atoms with Crippen LogP contribution in [0.1, 0.15) is 5.56 Å². The number of nitrogens with one attached hydrogen (secondary N) is 1. The predicted molar refractivity (Wildman–Crippen MR) is 88.4 cm³/mol. The highest BCUT2D eigenvalue weighted by Crippen LogP contribution is 2.12. The molecule has 1 N–H and O–H groups in total. The van der Waals surface area contributed by atoms with Crippen LogP contribution in [0.15, 0.2) is 36.8 Å². The number of amides is 2. The van der Waals surface area contributed by atoms with Gasteiger partial charge in [-0.1, -0.05) is 6.07 Å². The van der Waals surface area contributed by atoms with E-state index in [1.807, 2.05) is 17.9 Å². The summed E-state index contributed by atoms with van der Waals surface area (Å²) in [4.78, 5) is 40.4. The van der Waals surface area contributed by atoms with Crippen LogP contribution in [0.4, 0.5) is 11.8 Å². The summed E-state index contributed by atoms with van der Waals surface area (Å²) in [6.07, 6.45) is 4.94. The molecular weight excluding hydrogens is 308 g/mol. The lowest BCUT2D eigenvalue weighted by atomic mass is 10.3. The first kappa shape index (κ1) is 15.9. The van der Waals surface area contributed by atoms with Gasteiger partial charge in [-0.05, 0) is 24.6 Å². The SMILES string of the molecule is Cc1cccnc1NC(=O)C(=O)N1CCN(c2ncccn2)CC1. The second-order valence-corrected chi connectivity index (χ2v) is 5.45. The molecule has 1 aliphatic rings. The lowest BCUT2D eigenvalue weighted by Gasteiger charge is -2.34. The number of anilines is 2. The van der Waals surface area contributed by atoms with Gasteiger partial charge in [0.2, 0.25) is 5.95 Å². The number of piperazine rings is 1. The van der Waals surface area contributed by atoms with Gasteiger partial charge in [0.15, 0.2) is 0 Å². The van der Waals surface area contributed by atoms with Gasteiger partial charge >= 0.3 is 11.8 Å². The maximum absolute atomic E-state index is 12.3. The fraction of sp³-hybridized carbons (Fsp3) is 0.312. The average Bonchev–Trinajstić information content (AvgIpc) is 2.64. The maximum atomic E-state index is 12.3. The molecule has 0 saturated carbocycles. The number of carbonyl (C=O) groups excluding carboxylic acids is 2. The molecule has 1 aliphatic heterocycles. The van der Waals surface area contributed by atoms with Gasteiger partial charge in [-0.15, -0.1) is 0 Å². The lowest BCUT2D eigenvalue weighted by Crippen LogP contribution is -2.52. The number of carbonyl (C=O) groups is 2. The molecule has 3 heterocycles. The number of hydrogen-bond acceptors (Lipinski definition) is 6. The second kappa shape index (κ2) is 7.03. The molecule has 8 nitrogen and oxygen atoms in total. The van der Waals surface area contributed by atoms with E-state index in [0.717, 1.165) is 5.56 Å². The molecule has 24 heavy (non-hydrogen) atoms. The molecule has 124 valence electrons. The molecule has 2 amide bonds. The normalized spacial score (nSPS) is 14.4. The van der Waals surface area contributed by atoms with Gasteiger partial charge < -0.3 is 15.1 Å². The van der Waals surface area contributed by atoms with Crippen LogP contribution >= 0.6 is 0 Å². The monoisotopic (exact) mass is 326 g/mol. The van der Waals surface area contributed by atoms with Gasteiger partial charge in [0.05, 0.1) is 0 Å². The molecule has 2 aromatic rings. The fourth-order valence-electron chi connectivity index (χ4n) is 2.49. The Labute approximate surface area is 139 Å². The zero-order valence-corrected chi connectivity index (χ0v) is 13.3. The third-order valence-corrected chi connectivity index (χ3v) is 3.84. The van der Waals surface area contributed by atoms with Crippen LogP contribution in [0.3, 0.4) is 0 Å². The number of nitrogens with zero attached hydrogens (tertiary/aromatic N) is 5. The Kier molecular flexibility index (Phi) is 4.64. The van der Waals surface area contributed by atoms with Crippen molar-refractivity contribution in [3.8, 4) is 0 Å². The first-order valence-corrected chi connectivity index (χ1v) is 7.69. The van der Waals surface area contributed by atoms with Gasteiger partial charge in [-0.3, -0.25) is 9.59 Å². The molecular formula is C16H18N6O2. The summed E-state index contributed by atoms with van der Waals surface area (Å²) in [7, 11) is 0. The van der Waals surface area contributed by atoms with E-state index in [9.17, 15) is 9.59 Å². The van der Waals surface area contributed by atoms with E-state index in [1.165, 1.54) is 4.90 Å². The number of hydrogen-bond donors (Lipinski definition) is 1. The molecule has 0 atom stereocenters. The minimum atomic E-state index is -0.666. The first-order valence-electron chi connectivity index (χ1n) is 7.69. The minimum absolute atomic E-state index is 0.409. The van der Waals surface area contributed by atoms with Crippen molar-refractivity contribution in [2.24, 2.45) is 0 Å². The van der Waals surface area contributed by atoms with Crippen molar-refractivity contribution in [1.82, 2.24) is 19.9 Å².